The van der Waals surface area contributed by atoms with E-state index in [1.54, 1.807) is 59.2 Å². The summed E-state index contributed by atoms with van der Waals surface area (Å²) in [4.78, 5) is 56.4. The van der Waals surface area contributed by atoms with E-state index in [0.29, 0.717) is 58.1 Å². The number of aromatic nitrogens is 3. The SMILES string of the molecule is Cn1cc(NC(=O)c2cc(NC(=O)c3cc(NC(=O)c4sccc4Cl)c[nH]3)cn2C)cc1C(=O)NCCN1CCOCC1. The second kappa shape index (κ2) is 13.3. The second-order valence-electron chi connectivity index (χ2n) is 9.92. The molecule has 0 radical (unpaired) electrons. The Hall–Kier alpha value is -4.37. The molecule has 4 amide bonds. The lowest BCUT2D eigenvalue weighted by molar-refractivity contribution is 0.0383. The number of thiophene rings is 1. The average Bonchev–Trinajstić information content (AvgIpc) is 3.77. The zero-order chi connectivity index (χ0) is 30.5. The van der Waals surface area contributed by atoms with Crippen LogP contribution in [0.4, 0.5) is 17.1 Å². The molecule has 5 heterocycles. The first-order valence-corrected chi connectivity index (χ1v) is 14.7. The lowest BCUT2D eigenvalue weighted by Gasteiger charge is -2.26. The second-order valence-corrected chi connectivity index (χ2v) is 11.2. The molecule has 15 heteroatoms. The van der Waals surface area contributed by atoms with Crippen LogP contribution in [0.25, 0.3) is 0 Å². The zero-order valence-electron chi connectivity index (χ0n) is 23.5. The Labute approximate surface area is 256 Å². The highest BCUT2D eigenvalue weighted by Gasteiger charge is 2.19. The molecule has 0 aromatic carbocycles. The van der Waals surface area contributed by atoms with E-state index in [0.717, 1.165) is 19.6 Å². The van der Waals surface area contributed by atoms with Crippen LogP contribution in [0.15, 0.2) is 48.2 Å². The van der Waals surface area contributed by atoms with Crippen LogP contribution in [-0.2, 0) is 18.8 Å². The van der Waals surface area contributed by atoms with Gasteiger partial charge in [-0.1, -0.05) is 11.6 Å². The van der Waals surface area contributed by atoms with Gasteiger partial charge in [0.1, 0.15) is 22.0 Å². The number of halogens is 1. The molecule has 1 saturated heterocycles. The molecule has 0 atom stereocenters. The van der Waals surface area contributed by atoms with Crippen molar-refractivity contribution in [1.82, 2.24) is 24.3 Å². The Morgan fingerprint density at radius 1 is 0.884 bits per heavy atom. The third-order valence-corrected chi connectivity index (χ3v) is 8.16. The predicted molar refractivity (Wildman–Crippen MR) is 164 cm³/mol. The highest BCUT2D eigenvalue weighted by molar-refractivity contribution is 7.12. The fourth-order valence-electron chi connectivity index (χ4n) is 4.59. The lowest BCUT2D eigenvalue weighted by Crippen LogP contribution is -2.41. The summed E-state index contributed by atoms with van der Waals surface area (Å²) in [6, 6.07) is 6.29. The third-order valence-electron chi connectivity index (χ3n) is 6.82. The van der Waals surface area contributed by atoms with Crippen LogP contribution < -0.4 is 21.3 Å². The summed E-state index contributed by atoms with van der Waals surface area (Å²) >= 11 is 7.23. The van der Waals surface area contributed by atoms with Crippen LogP contribution in [0.2, 0.25) is 5.02 Å². The van der Waals surface area contributed by atoms with Crippen LogP contribution in [-0.4, -0.2) is 82.0 Å². The molecule has 0 saturated carbocycles. The molecule has 4 aromatic rings. The molecule has 43 heavy (non-hydrogen) atoms. The van der Waals surface area contributed by atoms with Gasteiger partial charge < -0.3 is 40.1 Å². The van der Waals surface area contributed by atoms with Crippen LogP contribution >= 0.6 is 22.9 Å². The van der Waals surface area contributed by atoms with Crippen molar-refractivity contribution in [2.24, 2.45) is 14.1 Å². The van der Waals surface area contributed by atoms with Gasteiger partial charge in [0.2, 0.25) is 0 Å². The summed E-state index contributed by atoms with van der Waals surface area (Å²) < 4.78 is 8.58. The number of anilines is 3. The Bertz CT molecular complexity index is 1650. The van der Waals surface area contributed by atoms with Crippen molar-refractivity contribution in [2.45, 2.75) is 0 Å². The van der Waals surface area contributed by atoms with E-state index in [4.69, 9.17) is 16.3 Å². The number of morpholine rings is 1. The van der Waals surface area contributed by atoms with Gasteiger partial charge in [0.25, 0.3) is 23.6 Å². The average molecular weight is 627 g/mol. The molecule has 226 valence electrons. The minimum absolute atomic E-state index is 0.211. The van der Waals surface area contributed by atoms with Gasteiger partial charge in [0.05, 0.1) is 35.3 Å². The molecular formula is C28H31ClN8O5S. The molecule has 0 bridgehead atoms. The minimum atomic E-state index is -0.459. The molecule has 4 aromatic heterocycles. The standard InChI is InChI=1S/C28H31ClN8O5S/c1-35-16-19(12-22(35)26(39)30-4-5-37-6-8-42-9-7-37)34-27(40)23-13-18(15-36(23)2)33-25(38)21-11-17(14-31-21)32-28(41)24-20(29)3-10-43-24/h3,10-16,31H,4-9H2,1-2H3,(H,30,39)(H,32,41)(H,33,38)(H,34,40). The zero-order valence-corrected chi connectivity index (χ0v) is 25.1. The first-order chi connectivity index (χ1) is 20.7. The van der Waals surface area contributed by atoms with Gasteiger partial charge in [-0.05, 0) is 29.6 Å². The van der Waals surface area contributed by atoms with E-state index < -0.39 is 11.8 Å². The largest absolute Gasteiger partial charge is 0.379 e. The van der Waals surface area contributed by atoms with E-state index in [-0.39, 0.29) is 17.5 Å². The number of hydrogen-bond donors (Lipinski definition) is 5. The van der Waals surface area contributed by atoms with E-state index in [2.05, 4.69) is 31.2 Å². The Kier molecular flexibility index (Phi) is 9.31. The maximum atomic E-state index is 13.0. The van der Waals surface area contributed by atoms with Gasteiger partial charge in [0, 0.05) is 58.9 Å². The van der Waals surface area contributed by atoms with E-state index in [9.17, 15) is 19.2 Å². The molecule has 13 nitrogen and oxygen atoms in total. The minimum Gasteiger partial charge on any atom is -0.379 e. The molecule has 0 spiro atoms. The maximum absolute atomic E-state index is 13.0. The Morgan fingerprint density at radius 2 is 1.51 bits per heavy atom. The number of hydrogen-bond acceptors (Lipinski definition) is 7. The summed E-state index contributed by atoms with van der Waals surface area (Å²) in [5.74, 6) is -1.48. The number of carbonyl (C=O) groups excluding carboxylic acids is 4. The van der Waals surface area contributed by atoms with E-state index in [1.807, 2.05) is 0 Å². The van der Waals surface area contributed by atoms with Gasteiger partial charge in [0.15, 0.2) is 0 Å². The normalized spacial score (nSPS) is 13.5. The van der Waals surface area contributed by atoms with Crippen molar-refractivity contribution in [1.29, 1.82) is 0 Å². The molecule has 1 fully saturated rings. The van der Waals surface area contributed by atoms with Crippen LogP contribution in [0.1, 0.15) is 41.1 Å². The van der Waals surface area contributed by atoms with Crippen molar-refractivity contribution in [3.05, 3.63) is 75.2 Å². The molecule has 1 aliphatic rings. The highest BCUT2D eigenvalue weighted by Crippen LogP contribution is 2.24. The number of carbonyl (C=O) groups is 4. The fraction of sp³-hybridized carbons (Fsp3) is 0.286. The number of aryl methyl sites for hydroxylation is 2. The van der Waals surface area contributed by atoms with Gasteiger partial charge in [-0.3, -0.25) is 24.1 Å². The number of H-pyrrole nitrogens is 1. The first kappa shape index (κ1) is 30.1. The predicted octanol–water partition coefficient (Wildman–Crippen LogP) is 3.23. The Morgan fingerprint density at radius 3 is 2.16 bits per heavy atom. The molecule has 0 unspecified atom stereocenters. The van der Waals surface area contributed by atoms with Gasteiger partial charge in [-0.15, -0.1) is 11.3 Å². The molecular weight excluding hydrogens is 596 g/mol. The highest BCUT2D eigenvalue weighted by atomic mass is 35.5. The summed E-state index contributed by atoms with van der Waals surface area (Å²) in [6.07, 6.45) is 4.76. The molecule has 5 N–H and O–H groups in total. The number of amides is 4. The Balaban J connectivity index is 1.15. The first-order valence-electron chi connectivity index (χ1n) is 13.4. The lowest BCUT2D eigenvalue weighted by atomic mass is 10.3. The van der Waals surface area contributed by atoms with Crippen molar-refractivity contribution >= 4 is 63.6 Å². The van der Waals surface area contributed by atoms with Crippen LogP contribution in [0, 0.1) is 0 Å². The van der Waals surface area contributed by atoms with E-state index in [1.165, 1.54) is 23.6 Å². The third kappa shape index (κ3) is 7.35. The number of nitrogens with one attached hydrogen (secondary N) is 5. The van der Waals surface area contributed by atoms with E-state index >= 15 is 0 Å². The maximum Gasteiger partial charge on any atom is 0.272 e. The summed E-state index contributed by atoms with van der Waals surface area (Å²) in [5, 5.41) is 13.2. The van der Waals surface area contributed by atoms with Gasteiger partial charge >= 0.3 is 0 Å². The van der Waals surface area contributed by atoms with Crippen LogP contribution in [0.5, 0.6) is 0 Å². The monoisotopic (exact) mass is 626 g/mol. The summed E-state index contributed by atoms with van der Waals surface area (Å²) in [5.41, 5.74) is 2.18. The number of nitrogens with zero attached hydrogens (tertiary/aromatic N) is 3. The van der Waals surface area contributed by atoms with Crippen molar-refractivity contribution < 1.29 is 23.9 Å². The number of ether oxygens (including phenoxy) is 1. The van der Waals surface area contributed by atoms with Crippen LogP contribution in [0.3, 0.4) is 0 Å². The van der Waals surface area contributed by atoms with Gasteiger partial charge in [-0.2, -0.15) is 0 Å². The molecule has 0 aliphatic carbocycles. The van der Waals surface area contributed by atoms with Crippen molar-refractivity contribution in [3.8, 4) is 0 Å². The molecule has 1 aliphatic heterocycles. The van der Waals surface area contributed by atoms with Crippen molar-refractivity contribution in [3.63, 3.8) is 0 Å². The van der Waals surface area contributed by atoms with Gasteiger partial charge in [-0.25, -0.2) is 0 Å². The fourth-order valence-corrected chi connectivity index (χ4v) is 5.63. The van der Waals surface area contributed by atoms with Crippen molar-refractivity contribution in [2.75, 3.05) is 55.3 Å². The molecule has 5 rings (SSSR count). The summed E-state index contributed by atoms with van der Waals surface area (Å²) in [7, 11) is 3.42. The topological polar surface area (TPSA) is 155 Å². The number of aromatic amines is 1. The number of rotatable bonds is 10. The quantitative estimate of drug-likeness (QED) is 0.182. The summed E-state index contributed by atoms with van der Waals surface area (Å²) in [6.45, 7) is 4.34. The smallest absolute Gasteiger partial charge is 0.272 e.